The van der Waals surface area contributed by atoms with Crippen molar-refractivity contribution in [3.8, 4) is 11.5 Å². The zero-order chi connectivity index (χ0) is 19.5. The van der Waals surface area contributed by atoms with Gasteiger partial charge in [-0.1, -0.05) is 36.9 Å². The number of rotatable bonds is 5. The SMILES string of the molecule is COc1cccc(OC)c1.O=C(CC1CCCCC1)Nc1ccc(Cl)cc1. The van der Waals surface area contributed by atoms with Crippen LogP contribution in [-0.2, 0) is 4.79 Å². The second-order valence-corrected chi connectivity index (χ2v) is 7.08. The van der Waals surface area contributed by atoms with Crippen molar-refractivity contribution in [3.05, 3.63) is 53.6 Å². The van der Waals surface area contributed by atoms with E-state index in [4.69, 9.17) is 21.1 Å². The van der Waals surface area contributed by atoms with Gasteiger partial charge < -0.3 is 14.8 Å². The maximum absolute atomic E-state index is 11.8. The fraction of sp³-hybridized carbons (Fsp3) is 0.409. The van der Waals surface area contributed by atoms with Gasteiger partial charge in [-0.05, 0) is 55.2 Å². The number of anilines is 1. The standard InChI is InChI=1S/C14H18ClNO.C8H10O2/c15-12-6-8-13(9-7-12)16-14(17)10-11-4-2-1-3-5-11;1-9-7-4-3-5-8(6-7)10-2/h6-9,11H,1-5,10H2,(H,16,17);3-6H,1-2H3. The molecule has 27 heavy (non-hydrogen) atoms. The van der Waals surface area contributed by atoms with Crippen molar-refractivity contribution >= 4 is 23.2 Å². The molecule has 0 aliphatic heterocycles. The van der Waals surface area contributed by atoms with Crippen LogP contribution in [0.3, 0.4) is 0 Å². The van der Waals surface area contributed by atoms with E-state index in [2.05, 4.69) is 5.32 Å². The summed E-state index contributed by atoms with van der Waals surface area (Å²) in [6.07, 6.45) is 6.94. The van der Waals surface area contributed by atoms with Crippen molar-refractivity contribution in [2.75, 3.05) is 19.5 Å². The lowest BCUT2D eigenvalue weighted by molar-refractivity contribution is -0.117. The number of carbonyl (C=O) groups excluding carboxylic acids is 1. The van der Waals surface area contributed by atoms with Crippen LogP contribution in [0.4, 0.5) is 5.69 Å². The molecule has 0 atom stereocenters. The Balaban J connectivity index is 0.000000223. The topological polar surface area (TPSA) is 47.6 Å². The molecule has 3 rings (SSSR count). The Kier molecular flexibility index (Phi) is 8.99. The molecule has 0 bridgehead atoms. The zero-order valence-electron chi connectivity index (χ0n) is 16.0. The van der Waals surface area contributed by atoms with Crippen LogP contribution in [0.1, 0.15) is 38.5 Å². The third-order valence-electron chi connectivity index (χ3n) is 4.60. The Hall–Kier alpha value is -2.20. The monoisotopic (exact) mass is 389 g/mol. The van der Waals surface area contributed by atoms with E-state index in [-0.39, 0.29) is 5.91 Å². The second-order valence-electron chi connectivity index (χ2n) is 6.65. The van der Waals surface area contributed by atoms with Crippen molar-refractivity contribution in [1.82, 2.24) is 0 Å². The lowest BCUT2D eigenvalue weighted by atomic mass is 9.87. The Labute approximate surface area is 166 Å². The number of hydrogen-bond donors (Lipinski definition) is 1. The van der Waals surface area contributed by atoms with E-state index in [1.165, 1.54) is 32.1 Å². The molecule has 1 saturated carbocycles. The maximum atomic E-state index is 11.8. The molecule has 1 aliphatic rings. The number of halogens is 1. The first-order valence-electron chi connectivity index (χ1n) is 9.34. The smallest absolute Gasteiger partial charge is 0.224 e. The van der Waals surface area contributed by atoms with Crippen LogP contribution in [0, 0.1) is 5.92 Å². The van der Waals surface area contributed by atoms with E-state index < -0.39 is 0 Å². The molecule has 0 spiro atoms. The fourth-order valence-electron chi connectivity index (χ4n) is 3.13. The number of carbonyl (C=O) groups is 1. The number of nitrogens with one attached hydrogen (secondary N) is 1. The molecular formula is C22H28ClNO3. The minimum absolute atomic E-state index is 0.124. The molecule has 1 aliphatic carbocycles. The molecule has 5 heteroatoms. The quantitative estimate of drug-likeness (QED) is 0.686. The van der Waals surface area contributed by atoms with Crippen LogP contribution in [0.25, 0.3) is 0 Å². The Morgan fingerprint density at radius 1 is 1.00 bits per heavy atom. The largest absolute Gasteiger partial charge is 0.497 e. The number of methoxy groups -OCH3 is 2. The summed E-state index contributed by atoms with van der Waals surface area (Å²) in [5.74, 6) is 2.34. The fourth-order valence-corrected chi connectivity index (χ4v) is 3.25. The van der Waals surface area contributed by atoms with Crippen LogP contribution >= 0.6 is 11.6 Å². The number of amides is 1. The van der Waals surface area contributed by atoms with Gasteiger partial charge in [-0.2, -0.15) is 0 Å². The van der Waals surface area contributed by atoms with Crippen LogP contribution in [-0.4, -0.2) is 20.1 Å². The summed E-state index contributed by atoms with van der Waals surface area (Å²) >= 11 is 5.79. The molecular weight excluding hydrogens is 362 g/mol. The molecule has 0 unspecified atom stereocenters. The van der Waals surface area contributed by atoms with Gasteiger partial charge in [0.2, 0.25) is 5.91 Å². The first-order chi connectivity index (χ1) is 13.1. The summed E-state index contributed by atoms with van der Waals surface area (Å²) < 4.78 is 9.95. The minimum atomic E-state index is 0.124. The van der Waals surface area contributed by atoms with Gasteiger partial charge in [0, 0.05) is 23.2 Å². The molecule has 146 valence electrons. The molecule has 1 N–H and O–H groups in total. The average molecular weight is 390 g/mol. The van der Waals surface area contributed by atoms with E-state index in [0.29, 0.717) is 17.4 Å². The van der Waals surface area contributed by atoms with Crippen LogP contribution in [0.5, 0.6) is 11.5 Å². The van der Waals surface area contributed by atoms with Crippen LogP contribution < -0.4 is 14.8 Å². The maximum Gasteiger partial charge on any atom is 0.224 e. The first-order valence-corrected chi connectivity index (χ1v) is 9.72. The third kappa shape index (κ3) is 7.92. The van der Waals surface area contributed by atoms with Crippen molar-refractivity contribution < 1.29 is 14.3 Å². The molecule has 0 aromatic heterocycles. The number of benzene rings is 2. The summed E-state index contributed by atoms with van der Waals surface area (Å²) in [4.78, 5) is 11.8. The van der Waals surface area contributed by atoms with Gasteiger partial charge in [-0.3, -0.25) is 4.79 Å². The number of ether oxygens (including phenoxy) is 2. The summed E-state index contributed by atoms with van der Waals surface area (Å²) in [7, 11) is 3.27. The highest BCUT2D eigenvalue weighted by molar-refractivity contribution is 6.30. The molecule has 2 aromatic rings. The molecule has 1 amide bonds. The predicted octanol–water partition coefficient (Wildman–Crippen LogP) is 5.95. The normalized spacial score (nSPS) is 13.9. The highest BCUT2D eigenvalue weighted by Crippen LogP contribution is 2.26. The van der Waals surface area contributed by atoms with Crippen molar-refractivity contribution in [3.63, 3.8) is 0 Å². The highest BCUT2D eigenvalue weighted by Gasteiger charge is 2.16. The molecule has 0 heterocycles. The molecule has 0 radical (unpaired) electrons. The van der Waals surface area contributed by atoms with E-state index in [0.717, 1.165) is 17.2 Å². The van der Waals surface area contributed by atoms with E-state index >= 15 is 0 Å². The molecule has 2 aromatic carbocycles. The van der Waals surface area contributed by atoms with Gasteiger partial charge in [0.25, 0.3) is 0 Å². The molecule has 4 nitrogen and oxygen atoms in total. The lowest BCUT2D eigenvalue weighted by Crippen LogP contribution is -2.18. The highest BCUT2D eigenvalue weighted by atomic mass is 35.5. The van der Waals surface area contributed by atoms with Crippen LogP contribution in [0.15, 0.2) is 48.5 Å². The zero-order valence-corrected chi connectivity index (χ0v) is 16.8. The minimum Gasteiger partial charge on any atom is -0.497 e. The summed E-state index contributed by atoms with van der Waals surface area (Å²) in [5.41, 5.74) is 0.829. The van der Waals surface area contributed by atoms with Gasteiger partial charge in [-0.15, -0.1) is 0 Å². The Morgan fingerprint density at radius 3 is 2.15 bits per heavy atom. The Morgan fingerprint density at radius 2 is 1.59 bits per heavy atom. The number of hydrogen-bond acceptors (Lipinski definition) is 3. The van der Waals surface area contributed by atoms with Gasteiger partial charge in [-0.25, -0.2) is 0 Å². The predicted molar refractivity (Wildman–Crippen MR) is 111 cm³/mol. The van der Waals surface area contributed by atoms with E-state index in [1.807, 2.05) is 36.4 Å². The lowest BCUT2D eigenvalue weighted by Gasteiger charge is -2.20. The van der Waals surface area contributed by atoms with Gasteiger partial charge >= 0.3 is 0 Å². The van der Waals surface area contributed by atoms with Crippen LogP contribution in [0.2, 0.25) is 5.02 Å². The molecule has 1 fully saturated rings. The average Bonchev–Trinajstić information content (AvgIpc) is 2.71. The molecule has 0 saturated heterocycles. The van der Waals surface area contributed by atoms with Gasteiger partial charge in [0.05, 0.1) is 14.2 Å². The van der Waals surface area contributed by atoms with Crippen molar-refractivity contribution in [2.24, 2.45) is 5.92 Å². The van der Waals surface area contributed by atoms with E-state index in [1.54, 1.807) is 26.4 Å². The van der Waals surface area contributed by atoms with Gasteiger partial charge in [0.15, 0.2) is 0 Å². The van der Waals surface area contributed by atoms with Crippen molar-refractivity contribution in [1.29, 1.82) is 0 Å². The second kappa shape index (κ2) is 11.5. The third-order valence-corrected chi connectivity index (χ3v) is 4.86. The first kappa shape index (κ1) is 21.1. The summed E-state index contributed by atoms with van der Waals surface area (Å²) in [6.45, 7) is 0. The van der Waals surface area contributed by atoms with Gasteiger partial charge in [0.1, 0.15) is 11.5 Å². The Bertz CT molecular complexity index is 678. The summed E-state index contributed by atoms with van der Waals surface area (Å²) in [5, 5.41) is 3.61. The van der Waals surface area contributed by atoms with E-state index in [9.17, 15) is 4.79 Å². The van der Waals surface area contributed by atoms with Crippen molar-refractivity contribution in [2.45, 2.75) is 38.5 Å². The summed E-state index contributed by atoms with van der Waals surface area (Å²) in [6, 6.07) is 14.7.